The Bertz CT molecular complexity index is 696. The molecule has 0 aliphatic heterocycles. The molecule has 0 atom stereocenters. The molecule has 0 radical (unpaired) electrons. The van der Waals surface area contributed by atoms with Crippen LogP contribution >= 0.6 is 0 Å². The van der Waals surface area contributed by atoms with Crippen LogP contribution in [-0.4, -0.2) is 4.98 Å². The Labute approximate surface area is 116 Å². The highest BCUT2D eigenvalue weighted by Crippen LogP contribution is 2.25. The largest absolute Gasteiger partial charge is 0.457 e. The monoisotopic (exact) mass is 265 g/mol. The quantitative estimate of drug-likeness (QED) is 0.641. The molecule has 0 fully saturated rings. The average molecular weight is 265 g/mol. The lowest BCUT2D eigenvalue weighted by Crippen LogP contribution is -1.87. The minimum atomic E-state index is -0.552. The Morgan fingerprint density at radius 3 is 2.15 bits per heavy atom. The number of pyridine rings is 1. The average Bonchev–Trinajstić information content (AvgIpc) is 2.49. The SMILES string of the molecule is Fc1cc(Oc2ccc(-c3ccccc3)cc2)ccn1. The zero-order chi connectivity index (χ0) is 13.8. The van der Waals surface area contributed by atoms with Crippen molar-refractivity contribution < 1.29 is 9.13 Å². The van der Waals surface area contributed by atoms with Crippen molar-refractivity contribution in [3.63, 3.8) is 0 Å². The first-order valence-electron chi connectivity index (χ1n) is 6.26. The smallest absolute Gasteiger partial charge is 0.216 e. The van der Waals surface area contributed by atoms with Gasteiger partial charge in [-0.05, 0) is 29.3 Å². The molecule has 0 saturated carbocycles. The van der Waals surface area contributed by atoms with Gasteiger partial charge in [0.25, 0.3) is 0 Å². The van der Waals surface area contributed by atoms with Crippen molar-refractivity contribution in [2.45, 2.75) is 0 Å². The van der Waals surface area contributed by atoms with Gasteiger partial charge < -0.3 is 4.74 Å². The van der Waals surface area contributed by atoms with Gasteiger partial charge in [0.05, 0.1) is 0 Å². The summed E-state index contributed by atoms with van der Waals surface area (Å²) < 4.78 is 18.5. The van der Waals surface area contributed by atoms with E-state index >= 15 is 0 Å². The maximum atomic E-state index is 13.0. The van der Waals surface area contributed by atoms with E-state index in [1.54, 1.807) is 6.07 Å². The number of ether oxygens (including phenoxy) is 1. The number of halogens is 1. The van der Waals surface area contributed by atoms with E-state index in [1.165, 1.54) is 12.3 Å². The van der Waals surface area contributed by atoms with Crippen LogP contribution in [0.25, 0.3) is 11.1 Å². The molecule has 0 saturated heterocycles. The standard InChI is InChI=1S/C17H12FNO/c18-17-12-16(10-11-19-17)20-15-8-6-14(7-9-15)13-4-2-1-3-5-13/h1-12H. The molecular weight excluding hydrogens is 253 g/mol. The summed E-state index contributed by atoms with van der Waals surface area (Å²) in [5.74, 6) is 0.545. The first kappa shape index (κ1) is 12.4. The molecule has 3 heteroatoms. The third-order valence-electron chi connectivity index (χ3n) is 2.90. The van der Waals surface area contributed by atoms with Crippen LogP contribution < -0.4 is 4.74 Å². The number of hydrogen-bond donors (Lipinski definition) is 0. The summed E-state index contributed by atoms with van der Waals surface area (Å²) in [7, 11) is 0. The maximum Gasteiger partial charge on any atom is 0.216 e. The predicted molar refractivity (Wildman–Crippen MR) is 76.1 cm³/mol. The van der Waals surface area contributed by atoms with Gasteiger partial charge in [-0.1, -0.05) is 42.5 Å². The lowest BCUT2D eigenvalue weighted by Gasteiger charge is -2.07. The zero-order valence-corrected chi connectivity index (χ0v) is 10.7. The van der Waals surface area contributed by atoms with Crippen LogP contribution in [0.1, 0.15) is 0 Å². The molecule has 0 unspecified atom stereocenters. The van der Waals surface area contributed by atoms with Crippen LogP contribution in [0, 0.1) is 5.95 Å². The third-order valence-corrected chi connectivity index (χ3v) is 2.90. The van der Waals surface area contributed by atoms with Crippen LogP contribution in [-0.2, 0) is 0 Å². The van der Waals surface area contributed by atoms with Crippen LogP contribution in [0.3, 0.4) is 0 Å². The Hall–Kier alpha value is -2.68. The van der Waals surface area contributed by atoms with Crippen LogP contribution in [0.15, 0.2) is 72.9 Å². The number of aromatic nitrogens is 1. The summed E-state index contributed by atoms with van der Waals surface area (Å²) in [5, 5.41) is 0. The van der Waals surface area contributed by atoms with E-state index in [4.69, 9.17) is 4.74 Å². The molecule has 20 heavy (non-hydrogen) atoms. The van der Waals surface area contributed by atoms with Gasteiger partial charge in [-0.25, -0.2) is 4.98 Å². The van der Waals surface area contributed by atoms with Gasteiger partial charge in [0.1, 0.15) is 11.5 Å². The van der Waals surface area contributed by atoms with Gasteiger partial charge in [-0.3, -0.25) is 0 Å². The van der Waals surface area contributed by atoms with E-state index in [9.17, 15) is 4.39 Å². The maximum absolute atomic E-state index is 13.0. The number of nitrogens with zero attached hydrogens (tertiary/aromatic N) is 1. The van der Waals surface area contributed by atoms with E-state index < -0.39 is 5.95 Å². The van der Waals surface area contributed by atoms with Crippen molar-refractivity contribution in [3.8, 4) is 22.6 Å². The summed E-state index contributed by atoms with van der Waals surface area (Å²) in [6, 6.07) is 20.6. The van der Waals surface area contributed by atoms with E-state index in [0.717, 1.165) is 11.1 Å². The topological polar surface area (TPSA) is 22.1 Å². The van der Waals surface area contributed by atoms with Gasteiger partial charge in [0.15, 0.2) is 0 Å². The summed E-state index contributed by atoms with van der Waals surface area (Å²) >= 11 is 0. The van der Waals surface area contributed by atoms with Crippen molar-refractivity contribution in [2.24, 2.45) is 0 Å². The highest BCUT2D eigenvalue weighted by Gasteiger charge is 2.01. The molecule has 0 aliphatic carbocycles. The Morgan fingerprint density at radius 1 is 0.750 bits per heavy atom. The second-order valence-electron chi connectivity index (χ2n) is 4.31. The highest BCUT2D eigenvalue weighted by molar-refractivity contribution is 5.64. The van der Waals surface area contributed by atoms with Crippen molar-refractivity contribution in [2.75, 3.05) is 0 Å². The Morgan fingerprint density at radius 2 is 1.45 bits per heavy atom. The fourth-order valence-corrected chi connectivity index (χ4v) is 1.93. The molecule has 0 bridgehead atoms. The van der Waals surface area contributed by atoms with Crippen LogP contribution in [0.5, 0.6) is 11.5 Å². The molecule has 2 aromatic carbocycles. The predicted octanol–water partition coefficient (Wildman–Crippen LogP) is 4.68. The van der Waals surface area contributed by atoms with Crippen molar-refractivity contribution in [3.05, 3.63) is 78.9 Å². The van der Waals surface area contributed by atoms with Gasteiger partial charge in [-0.15, -0.1) is 0 Å². The highest BCUT2D eigenvalue weighted by atomic mass is 19.1. The zero-order valence-electron chi connectivity index (χ0n) is 10.7. The lowest BCUT2D eigenvalue weighted by atomic mass is 10.1. The normalized spacial score (nSPS) is 10.2. The lowest BCUT2D eigenvalue weighted by molar-refractivity contribution is 0.472. The molecule has 0 amide bonds. The molecule has 3 rings (SSSR count). The van der Waals surface area contributed by atoms with E-state index in [2.05, 4.69) is 4.98 Å². The number of benzene rings is 2. The van der Waals surface area contributed by atoms with E-state index in [1.807, 2.05) is 54.6 Å². The van der Waals surface area contributed by atoms with Crippen molar-refractivity contribution in [1.82, 2.24) is 4.98 Å². The Balaban J connectivity index is 1.80. The minimum absolute atomic E-state index is 0.435. The first-order valence-corrected chi connectivity index (χ1v) is 6.26. The second-order valence-corrected chi connectivity index (χ2v) is 4.31. The van der Waals surface area contributed by atoms with E-state index in [-0.39, 0.29) is 0 Å². The summed E-state index contributed by atoms with van der Waals surface area (Å²) in [5.41, 5.74) is 2.26. The second kappa shape index (κ2) is 5.53. The molecule has 2 nitrogen and oxygen atoms in total. The van der Waals surface area contributed by atoms with E-state index in [0.29, 0.717) is 11.5 Å². The molecule has 98 valence electrons. The summed E-state index contributed by atoms with van der Waals surface area (Å²) in [6.45, 7) is 0. The number of rotatable bonds is 3. The van der Waals surface area contributed by atoms with Crippen molar-refractivity contribution >= 4 is 0 Å². The molecule has 3 aromatic rings. The fourth-order valence-electron chi connectivity index (χ4n) is 1.93. The fraction of sp³-hybridized carbons (Fsp3) is 0. The molecule has 0 aliphatic rings. The van der Waals surface area contributed by atoms with Gasteiger partial charge in [0.2, 0.25) is 5.95 Å². The van der Waals surface area contributed by atoms with Crippen LogP contribution in [0.4, 0.5) is 4.39 Å². The molecule has 0 spiro atoms. The summed E-state index contributed by atoms with van der Waals surface area (Å²) in [4.78, 5) is 3.49. The molecule has 1 heterocycles. The Kier molecular flexibility index (Phi) is 3.42. The van der Waals surface area contributed by atoms with Crippen molar-refractivity contribution in [1.29, 1.82) is 0 Å². The molecule has 0 N–H and O–H groups in total. The van der Waals surface area contributed by atoms with Gasteiger partial charge in [-0.2, -0.15) is 4.39 Å². The first-order chi connectivity index (χ1) is 9.81. The third kappa shape index (κ3) is 2.83. The van der Waals surface area contributed by atoms with Crippen LogP contribution in [0.2, 0.25) is 0 Å². The molecular formula is C17H12FNO. The van der Waals surface area contributed by atoms with Gasteiger partial charge in [0, 0.05) is 12.3 Å². The number of hydrogen-bond acceptors (Lipinski definition) is 2. The minimum Gasteiger partial charge on any atom is -0.457 e. The molecule has 1 aromatic heterocycles. The summed E-state index contributed by atoms with van der Waals surface area (Å²) in [6.07, 6.45) is 1.38. The van der Waals surface area contributed by atoms with Gasteiger partial charge >= 0.3 is 0 Å².